The SMILES string of the molecule is CCNCc1cc(Br)c(OCc2cn(C)nn2)c(Br)c1. The number of benzene rings is 1. The molecule has 0 atom stereocenters. The van der Waals surface area contributed by atoms with Crippen LogP contribution in [0.15, 0.2) is 27.3 Å². The van der Waals surface area contributed by atoms with Gasteiger partial charge in [-0.15, -0.1) is 5.10 Å². The maximum absolute atomic E-state index is 5.80. The monoisotopic (exact) mass is 402 g/mol. The molecular weight excluding hydrogens is 388 g/mol. The molecule has 108 valence electrons. The Labute approximate surface area is 135 Å². The number of rotatable bonds is 6. The highest BCUT2D eigenvalue weighted by molar-refractivity contribution is 9.11. The highest BCUT2D eigenvalue weighted by Crippen LogP contribution is 2.35. The van der Waals surface area contributed by atoms with Crippen molar-refractivity contribution in [1.82, 2.24) is 20.3 Å². The average molecular weight is 404 g/mol. The van der Waals surface area contributed by atoms with E-state index in [0.717, 1.165) is 33.5 Å². The van der Waals surface area contributed by atoms with E-state index in [0.29, 0.717) is 6.61 Å². The molecule has 1 heterocycles. The van der Waals surface area contributed by atoms with E-state index in [1.54, 1.807) is 4.68 Å². The minimum absolute atomic E-state index is 0.387. The molecule has 0 saturated heterocycles. The van der Waals surface area contributed by atoms with E-state index in [1.807, 2.05) is 13.2 Å². The van der Waals surface area contributed by atoms with Gasteiger partial charge in [0, 0.05) is 13.6 Å². The first-order valence-corrected chi connectivity index (χ1v) is 7.85. The largest absolute Gasteiger partial charge is 0.485 e. The van der Waals surface area contributed by atoms with Crippen LogP contribution in [0, 0.1) is 0 Å². The highest BCUT2D eigenvalue weighted by Gasteiger charge is 2.10. The Hall–Kier alpha value is -0.920. The van der Waals surface area contributed by atoms with Gasteiger partial charge in [-0.1, -0.05) is 12.1 Å². The molecule has 2 aromatic rings. The molecule has 7 heteroatoms. The molecule has 0 aliphatic carbocycles. The van der Waals surface area contributed by atoms with E-state index < -0.39 is 0 Å². The van der Waals surface area contributed by atoms with Gasteiger partial charge in [0.2, 0.25) is 0 Å². The zero-order chi connectivity index (χ0) is 14.5. The predicted octanol–water partition coefficient (Wildman–Crippen LogP) is 3.03. The molecule has 0 radical (unpaired) electrons. The summed E-state index contributed by atoms with van der Waals surface area (Å²) in [5.74, 6) is 0.774. The number of aryl methyl sites for hydroxylation is 1. The van der Waals surface area contributed by atoms with Gasteiger partial charge in [0.1, 0.15) is 18.1 Å². The summed E-state index contributed by atoms with van der Waals surface area (Å²) in [6.07, 6.45) is 1.83. The normalized spacial score (nSPS) is 10.8. The molecule has 0 saturated carbocycles. The maximum Gasteiger partial charge on any atom is 0.148 e. The number of hydrogen-bond acceptors (Lipinski definition) is 4. The van der Waals surface area contributed by atoms with Crippen molar-refractivity contribution < 1.29 is 4.74 Å². The first-order valence-electron chi connectivity index (χ1n) is 6.26. The van der Waals surface area contributed by atoms with Gasteiger partial charge >= 0.3 is 0 Å². The second-order valence-corrected chi connectivity index (χ2v) is 6.05. The van der Waals surface area contributed by atoms with Crippen LogP contribution in [0.4, 0.5) is 0 Å². The number of aromatic nitrogens is 3. The minimum Gasteiger partial charge on any atom is -0.485 e. The molecule has 0 spiro atoms. The molecule has 2 rings (SSSR count). The first kappa shape index (κ1) is 15.5. The lowest BCUT2D eigenvalue weighted by Gasteiger charge is -2.11. The summed E-state index contributed by atoms with van der Waals surface area (Å²) in [6, 6.07) is 4.11. The van der Waals surface area contributed by atoms with Gasteiger partial charge in [-0.25, -0.2) is 0 Å². The van der Waals surface area contributed by atoms with Gasteiger partial charge < -0.3 is 10.1 Å². The molecule has 0 aliphatic heterocycles. The van der Waals surface area contributed by atoms with E-state index in [-0.39, 0.29) is 0 Å². The van der Waals surface area contributed by atoms with Crippen molar-refractivity contribution in [2.24, 2.45) is 7.05 Å². The zero-order valence-electron chi connectivity index (χ0n) is 11.4. The van der Waals surface area contributed by atoms with E-state index in [2.05, 4.69) is 66.5 Å². The van der Waals surface area contributed by atoms with Crippen LogP contribution in [0.5, 0.6) is 5.75 Å². The Morgan fingerprint density at radius 3 is 2.55 bits per heavy atom. The van der Waals surface area contributed by atoms with Crippen LogP contribution in [0.3, 0.4) is 0 Å². The molecular formula is C13H16Br2N4O. The fraction of sp³-hybridized carbons (Fsp3) is 0.385. The van der Waals surface area contributed by atoms with Gasteiger partial charge in [-0.3, -0.25) is 4.68 Å². The van der Waals surface area contributed by atoms with Gasteiger partial charge in [0.15, 0.2) is 0 Å². The van der Waals surface area contributed by atoms with E-state index in [9.17, 15) is 0 Å². The molecule has 20 heavy (non-hydrogen) atoms. The minimum atomic E-state index is 0.387. The van der Waals surface area contributed by atoms with Crippen LogP contribution in [0.2, 0.25) is 0 Å². The number of hydrogen-bond donors (Lipinski definition) is 1. The quantitative estimate of drug-likeness (QED) is 0.805. The Balaban J connectivity index is 2.07. The van der Waals surface area contributed by atoms with Crippen molar-refractivity contribution >= 4 is 31.9 Å². The summed E-state index contributed by atoms with van der Waals surface area (Å²) >= 11 is 7.09. The van der Waals surface area contributed by atoms with E-state index in [4.69, 9.17) is 4.74 Å². The molecule has 0 bridgehead atoms. The smallest absolute Gasteiger partial charge is 0.148 e. The van der Waals surface area contributed by atoms with Crippen LogP contribution in [-0.4, -0.2) is 21.5 Å². The number of nitrogens with one attached hydrogen (secondary N) is 1. The molecule has 0 amide bonds. The van der Waals surface area contributed by atoms with Gasteiger partial charge in [-0.05, 0) is 56.1 Å². The molecule has 5 nitrogen and oxygen atoms in total. The second-order valence-electron chi connectivity index (χ2n) is 4.34. The third-order valence-corrected chi connectivity index (χ3v) is 3.83. The van der Waals surface area contributed by atoms with Crippen molar-refractivity contribution in [3.8, 4) is 5.75 Å². The van der Waals surface area contributed by atoms with Crippen LogP contribution in [0.25, 0.3) is 0 Å². The number of ether oxygens (including phenoxy) is 1. The van der Waals surface area contributed by atoms with Crippen LogP contribution in [0.1, 0.15) is 18.2 Å². The average Bonchev–Trinajstić information content (AvgIpc) is 2.81. The Bertz CT molecular complexity index is 562. The summed E-state index contributed by atoms with van der Waals surface area (Å²) in [7, 11) is 1.83. The maximum atomic E-state index is 5.80. The standard InChI is InChI=1S/C13H16Br2N4O/c1-3-16-6-9-4-11(14)13(12(15)5-9)20-8-10-7-19(2)18-17-10/h4-5,7,16H,3,6,8H2,1-2H3. The first-order chi connectivity index (χ1) is 9.60. The lowest BCUT2D eigenvalue weighted by atomic mass is 10.2. The van der Waals surface area contributed by atoms with Crippen molar-refractivity contribution in [1.29, 1.82) is 0 Å². The predicted molar refractivity (Wildman–Crippen MR) is 84.6 cm³/mol. The Morgan fingerprint density at radius 1 is 1.30 bits per heavy atom. The highest BCUT2D eigenvalue weighted by atomic mass is 79.9. The van der Waals surface area contributed by atoms with Gasteiger partial charge in [0.25, 0.3) is 0 Å². The van der Waals surface area contributed by atoms with Crippen LogP contribution >= 0.6 is 31.9 Å². The van der Waals surface area contributed by atoms with Crippen molar-refractivity contribution in [3.05, 3.63) is 38.5 Å². The van der Waals surface area contributed by atoms with Gasteiger partial charge in [0.05, 0.1) is 15.1 Å². The molecule has 1 N–H and O–H groups in total. The Kier molecular flexibility index (Phi) is 5.56. The molecule has 1 aromatic heterocycles. The van der Waals surface area contributed by atoms with Crippen molar-refractivity contribution in [2.75, 3.05) is 6.54 Å². The third-order valence-electron chi connectivity index (χ3n) is 2.65. The number of halogens is 2. The fourth-order valence-electron chi connectivity index (χ4n) is 1.73. The summed E-state index contributed by atoms with van der Waals surface area (Å²) in [6.45, 7) is 4.25. The van der Waals surface area contributed by atoms with Crippen molar-refractivity contribution in [2.45, 2.75) is 20.1 Å². The number of nitrogens with zero attached hydrogens (tertiary/aromatic N) is 3. The third kappa shape index (κ3) is 4.04. The van der Waals surface area contributed by atoms with Crippen LogP contribution in [-0.2, 0) is 20.2 Å². The molecule has 0 aliphatic rings. The summed E-state index contributed by atoms with van der Waals surface area (Å²) in [4.78, 5) is 0. The molecule has 0 fully saturated rings. The zero-order valence-corrected chi connectivity index (χ0v) is 14.5. The molecule has 1 aromatic carbocycles. The van der Waals surface area contributed by atoms with E-state index in [1.165, 1.54) is 5.56 Å². The van der Waals surface area contributed by atoms with Crippen LogP contribution < -0.4 is 10.1 Å². The summed E-state index contributed by atoms with van der Waals surface area (Å²) in [5, 5.41) is 11.2. The summed E-state index contributed by atoms with van der Waals surface area (Å²) in [5.41, 5.74) is 1.99. The summed E-state index contributed by atoms with van der Waals surface area (Å²) < 4.78 is 9.29. The van der Waals surface area contributed by atoms with Gasteiger partial charge in [-0.2, -0.15) is 0 Å². The Morgan fingerprint density at radius 2 is 2.00 bits per heavy atom. The van der Waals surface area contributed by atoms with E-state index >= 15 is 0 Å². The fourth-order valence-corrected chi connectivity index (χ4v) is 3.24. The second kappa shape index (κ2) is 7.19. The van der Waals surface area contributed by atoms with Crippen molar-refractivity contribution in [3.63, 3.8) is 0 Å². The lowest BCUT2D eigenvalue weighted by Crippen LogP contribution is -2.11. The topological polar surface area (TPSA) is 52.0 Å². The lowest BCUT2D eigenvalue weighted by molar-refractivity contribution is 0.297. The molecule has 0 unspecified atom stereocenters.